The summed E-state index contributed by atoms with van der Waals surface area (Å²) in [5.74, 6) is 0.693. The Hall–Kier alpha value is -2.85. The standard InChI is InChI=1S/C24H28N4O5S/c1-24(2,3)33-23(29)28-14-10-15(28)12-27(11-14)22-26-19-18(31-16-6-8-30-13-16)5-4-17(20(19)32-22)21-25-7-9-34-21/h4-5,7,9,14-16H,6,8,10-13H2,1-3H3/t14?,15?,16-/m1/s1. The lowest BCUT2D eigenvalue weighted by Gasteiger charge is -2.55. The van der Waals surface area contributed by atoms with Crippen molar-refractivity contribution in [2.24, 2.45) is 0 Å². The summed E-state index contributed by atoms with van der Waals surface area (Å²) in [5, 5.41) is 2.82. The zero-order valence-corrected chi connectivity index (χ0v) is 20.3. The summed E-state index contributed by atoms with van der Waals surface area (Å²) in [6.07, 6.45) is 3.38. The molecule has 0 spiro atoms. The molecule has 1 amide bonds. The molecule has 4 aliphatic rings. The Bertz CT molecular complexity index is 1190. The van der Waals surface area contributed by atoms with Gasteiger partial charge in [0.05, 0.1) is 30.9 Å². The number of thiazole rings is 1. The van der Waals surface area contributed by atoms with Crippen LogP contribution in [0.1, 0.15) is 33.6 Å². The van der Waals surface area contributed by atoms with Crippen LogP contribution in [0, 0.1) is 0 Å². The third-order valence-corrected chi connectivity index (χ3v) is 7.21. The zero-order chi connectivity index (χ0) is 23.4. The van der Waals surface area contributed by atoms with Crippen LogP contribution in [0.2, 0.25) is 0 Å². The number of oxazole rings is 1. The van der Waals surface area contributed by atoms with E-state index in [9.17, 15) is 4.79 Å². The molecule has 34 heavy (non-hydrogen) atoms. The molecule has 7 rings (SSSR count). The Labute approximate surface area is 201 Å². The molecule has 6 heterocycles. The number of fused-ring (bicyclic) bond motifs is 3. The molecule has 0 radical (unpaired) electrons. The van der Waals surface area contributed by atoms with E-state index < -0.39 is 5.60 Å². The van der Waals surface area contributed by atoms with Crippen molar-refractivity contribution in [3.05, 3.63) is 23.7 Å². The topological polar surface area (TPSA) is 90.2 Å². The minimum Gasteiger partial charge on any atom is -0.486 e. The number of benzene rings is 1. The molecule has 4 saturated heterocycles. The van der Waals surface area contributed by atoms with E-state index in [1.165, 1.54) is 0 Å². The van der Waals surface area contributed by atoms with Crippen molar-refractivity contribution in [1.82, 2.24) is 14.9 Å². The number of rotatable bonds is 4. The molecular weight excluding hydrogens is 456 g/mol. The minimum atomic E-state index is -0.506. The lowest BCUT2D eigenvalue weighted by Crippen LogP contribution is -2.70. The molecule has 0 aliphatic carbocycles. The second-order valence-electron chi connectivity index (χ2n) is 10.1. The van der Waals surface area contributed by atoms with E-state index in [0.717, 1.165) is 23.4 Å². The van der Waals surface area contributed by atoms with E-state index in [1.807, 2.05) is 43.2 Å². The zero-order valence-electron chi connectivity index (χ0n) is 19.5. The number of ether oxygens (including phenoxy) is 3. The van der Waals surface area contributed by atoms with E-state index in [1.54, 1.807) is 17.5 Å². The van der Waals surface area contributed by atoms with Crippen molar-refractivity contribution in [1.29, 1.82) is 0 Å². The number of carbonyl (C=O) groups excluding carboxylic acids is 1. The number of hydrogen-bond donors (Lipinski definition) is 0. The normalized spacial score (nSPS) is 24.4. The summed E-state index contributed by atoms with van der Waals surface area (Å²) in [6.45, 7) is 8.27. The average molecular weight is 485 g/mol. The van der Waals surface area contributed by atoms with Crippen molar-refractivity contribution in [2.45, 2.75) is 57.4 Å². The van der Waals surface area contributed by atoms with E-state index in [2.05, 4.69) is 9.88 Å². The largest absolute Gasteiger partial charge is 0.486 e. The van der Waals surface area contributed by atoms with Gasteiger partial charge in [-0.15, -0.1) is 11.3 Å². The lowest BCUT2D eigenvalue weighted by molar-refractivity contribution is -0.0386. The van der Waals surface area contributed by atoms with Crippen LogP contribution >= 0.6 is 11.3 Å². The van der Waals surface area contributed by atoms with Crippen LogP contribution in [0.3, 0.4) is 0 Å². The van der Waals surface area contributed by atoms with Gasteiger partial charge in [0, 0.05) is 31.1 Å². The van der Waals surface area contributed by atoms with Crippen LogP contribution < -0.4 is 9.64 Å². The molecule has 0 N–H and O–H groups in total. The summed E-state index contributed by atoms with van der Waals surface area (Å²) in [5.41, 5.74) is 1.76. The first-order valence-electron chi connectivity index (χ1n) is 11.7. The first kappa shape index (κ1) is 21.7. The average Bonchev–Trinajstić information content (AvgIpc) is 3.54. The van der Waals surface area contributed by atoms with Gasteiger partial charge in [-0.2, -0.15) is 4.98 Å². The number of aromatic nitrogens is 2. The van der Waals surface area contributed by atoms with Gasteiger partial charge in [-0.25, -0.2) is 9.78 Å². The summed E-state index contributed by atoms with van der Waals surface area (Å²) >= 11 is 1.56. The highest BCUT2D eigenvalue weighted by Gasteiger charge is 2.49. The quantitative estimate of drug-likeness (QED) is 0.541. The third-order valence-electron chi connectivity index (χ3n) is 6.41. The van der Waals surface area contributed by atoms with Gasteiger partial charge in [0.2, 0.25) is 0 Å². The number of nitrogens with zero attached hydrogens (tertiary/aromatic N) is 4. The molecule has 3 atom stereocenters. The molecule has 180 valence electrons. The molecule has 2 bridgehead atoms. The summed E-state index contributed by atoms with van der Waals surface area (Å²) in [4.78, 5) is 26.0. The Balaban J connectivity index is 1.29. The monoisotopic (exact) mass is 484 g/mol. The number of piperazine rings is 1. The maximum atomic E-state index is 12.6. The fourth-order valence-corrected chi connectivity index (χ4v) is 5.55. The van der Waals surface area contributed by atoms with Gasteiger partial charge in [-0.1, -0.05) is 0 Å². The van der Waals surface area contributed by atoms with Gasteiger partial charge in [-0.05, 0) is 39.3 Å². The molecule has 4 fully saturated rings. The second kappa shape index (κ2) is 8.13. The maximum Gasteiger partial charge on any atom is 0.410 e. The molecule has 3 aromatic rings. The Kier molecular flexibility index (Phi) is 5.18. The first-order chi connectivity index (χ1) is 16.4. The highest BCUT2D eigenvalue weighted by atomic mass is 32.1. The first-order valence-corrected chi connectivity index (χ1v) is 12.6. The van der Waals surface area contributed by atoms with Gasteiger partial charge in [-0.3, -0.25) is 4.90 Å². The van der Waals surface area contributed by atoms with E-state index in [0.29, 0.717) is 49.2 Å². The lowest BCUT2D eigenvalue weighted by atomic mass is 9.88. The smallest absolute Gasteiger partial charge is 0.410 e. The molecule has 2 aromatic heterocycles. The predicted molar refractivity (Wildman–Crippen MR) is 127 cm³/mol. The molecule has 2 unspecified atom stereocenters. The summed E-state index contributed by atoms with van der Waals surface area (Å²) in [7, 11) is 0. The summed E-state index contributed by atoms with van der Waals surface area (Å²) in [6, 6.07) is 4.66. The fraction of sp³-hybridized carbons (Fsp3) is 0.542. The minimum absolute atomic E-state index is 0.0130. The Morgan fingerprint density at radius 3 is 2.74 bits per heavy atom. The van der Waals surface area contributed by atoms with Crippen molar-refractivity contribution < 1.29 is 23.4 Å². The van der Waals surface area contributed by atoms with Crippen LogP contribution in [0.15, 0.2) is 28.1 Å². The number of piperidine rings is 1. The van der Waals surface area contributed by atoms with Crippen molar-refractivity contribution in [2.75, 3.05) is 31.2 Å². The Morgan fingerprint density at radius 1 is 1.24 bits per heavy atom. The number of anilines is 1. The Morgan fingerprint density at radius 2 is 2.06 bits per heavy atom. The number of hydrogen-bond acceptors (Lipinski definition) is 9. The van der Waals surface area contributed by atoms with Crippen LogP contribution in [0.4, 0.5) is 10.8 Å². The highest BCUT2D eigenvalue weighted by Crippen LogP contribution is 2.41. The van der Waals surface area contributed by atoms with Crippen LogP contribution in [-0.2, 0) is 9.47 Å². The molecule has 4 aliphatic heterocycles. The van der Waals surface area contributed by atoms with E-state index >= 15 is 0 Å². The van der Waals surface area contributed by atoms with Gasteiger partial charge in [0.1, 0.15) is 22.5 Å². The molecular formula is C24H28N4O5S. The second-order valence-corrected chi connectivity index (χ2v) is 11.0. The van der Waals surface area contributed by atoms with Crippen LogP contribution in [0.5, 0.6) is 5.75 Å². The third kappa shape index (κ3) is 3.88. The predicted octanol–water partition coefficient (Wildman–Crippen LogP) is 4.32. The van der Waals surface area contributed by atoms with Crippen LogP contribution in [-0.4, -0.2) is 71.1 Å². The highest BCUT2D eigenvalue weighted by molar-refractivity contribution is 7.13. The molecule has 9 nitrogen and oxygen atoms in total. The number of carbonyl (C=O) groups is 1. The SMILES string of the molecule is CC(C)(C)OC(=O)N1C2CC1CN(c1nc3c(O[C@@H]4CCOC4)ccc(-c4nccs4)c3o1)C2. The van der Waals surface area contributed by atoms with Crippen molar-refractivity contribution >= 4 is 34.5 Å². The molecule has 1 aromatic carbocycles. The van der Waals surface area contributed by atoms with E-state index in [-0.39, 0.29) is 24.3 Å². The summed E-state index contributed by atoms with van der Waals surface area (Å²) < 4.78 is 23.7. The van der Waals surface area contributed by atoms with Crippen LogP contribution in [0.25, 0.3) is 21.7 Å². The van der Waals surface area contributed by atoms with Crippen molar-refractivity contribution in [3.63, 3.8) is 0 Å². The van der Waals surface area contributed by atoms with Crippen molar-refractivity contribution in [3.8, 4) is 16.3 Å². The number of amides is 1. The van der Waals surface area contributed by atoms with Gasteiger partial charge < -0.3 is 23.5 Å². The van der Waals surface area contributed by atoms with Gasteiger partial charge in [0.25, 0.3) is 6.01 Å². The molecule has 0 saturated carbocycles. The maximum absolute atomic E-state index is 12.6. The van der Waals surface area contributed by atoms with Gasteiger partial charge >= 0.3 is 6.09 Å². The molecule has 10 heteroatoms. The van der Waals surface area contributed by atoms with Gasteiger partial charge in [0.15, 0.2) is 11.1 Å². The fourth-order valence-electron chi connectivity index (χ4n) is 4.89. The van der Waals surface area contributed by atoms with E-state index in [4.69, 9.17) is 23.6 Å².